The first-order chi connectivity index (χ1) is 14.6. The minimum absolute atomic E-state index is 0.597. The number of halogens is 2. The van der Waals surface area contributed by atoms with Crippen molar-refractivity contribution in [2.24, 2.45) is 0 Å². The molecule has 2 aromatic heterocycles. The number of pyridine rings is 1. The predicted molar refractivity (Wildman–Crippen MR) is 128 cm³/mol. The molecule has 3 aromatic rings. The van der Waals surface area contributed by atoms with Gasteiger partial charge in [0.1, 0.15) is 0 Å². The number of anilines is 1. The van der Waals surface area contributed by atoms with Crippen molar-refractivity contribution in [3.63, 3.8) is 0 Å². The molecule has 0 unspecified atom stereocenters. The van der Waals surface area contributed by atoms with Crippen LogP contribution < -0.4 is 5.32 Å². The molecule has 1 aromatic carbocycles. The Hall–Kier alpha value is -2.00. The maximum atomic E-state index is 6.27. The van der Waals surface area contributed by atoms with Crippen molar-refractivity contribution >= 4 is 50.7 Å². The topological polar surface area (TPSA) is 49.2 Å². The maximum absolute atomic E-state index is 6.27. The van der Waals surface area contributed by atoms with Gasteiger partial charge >= 0.3 is 0 Å². The third kappa shape index (κ3) is 5.37. The monoisotopic (exact) mass is 504 g/mol. The van der Waals surface area contributed by atoms with Gasteiger partial charge in [-0.25, -0.2) is 0 Å². The molecule has 0 saturated carbocycles. The number of nitrogens with one attached hydrogen (secondary N) is 1. The van der Waals surface area contributed by atoms with Gasteiger partial charge in [0, 0.05) is 56.3 Å². The largest absolute Gasteiger partial charge is 0.346 e. The van der Waals surface area contributed by atoms with E-state index in [0.717, 1.165) is 47.8 Å². The van der Waals surface area contributed by atoms with E-state index in [0.29, 0.717) is 17.5 Å². The van der Waals surface area contributed by atoms with E-state index in [1.807, 2.05) is 47.4 Å². The fourth-order valence-electron chi connectivity index (χ4n) is 3.40. The lowest BCUT2D eigenvalue weighted by atomic mass is 10.2. The van der Waals surface area contributed by atoms with E-state index in [4.69, 9.17) is 23.8 Å². The highest BCUT2D eigenvalue weighted by molar-refractivity contribution is 9.10. The number of nitrogens with zero attached hydrogens (tertiary/aromatic N) is 5. The van der Waals surface area contributed by atoms with Crippen molar-refractivity contribution in [1.82, 2.24) is 24.6 Å². The summed E-state index contributed by atoms with van der Waals surface area (Å²) in [5, 5.41) is 9.33. The predicted octanol–water partition coefficient (Wildman–Crippen LogP) is 4.26. The third-order valence-corrected chi connectivity index (χ3v) is 6.33. The van der Waals surface area contributed by atoms with E-state index in [2.05, 4.69) is 47.2 Å². The fraction of sp³-hybridized carbons (Fsp3) is 0.286. The molecule has 6 nitrogen and oxygen atoms in total. The number of hydrogen-bond acceptors (Lipinski definition) is 4. The zero-order valence-electron chi connectivity index (χ0n) is 16.3. The van der Waals surface area contributed by atoms with Gasteiger partial charge in [0.2, 0.25) is 0 Å². The summed E-state index contributed by atoms with van der Waals surface area (Å²) in [7, 11) is 0. The number of hydrogen-bond donors (Lipinski definition) is 1. The fourth-order valence-corrected chi connectivity index (χ4v) is 4.29. The molecule has 1 N–H and O–H groups in total. The summed E-state index contributed by atoms with van der Waals surface area (Å²) in [6, 6.07) is 11.9. The summed E-state index contributed by atoms with van der Waals surface area (Å²) < 4.78 is 2.72. The number of benzene rings is 1. The summed E-state index contributed by atoms with van der Waals surface area (Å²) in [6.45, 7) is 5.19. The van der Waals surface area contributed by atoms with E-state index in [1.165, 1.54) is 5.56 Å². The molecule has 3 heterocycles. The number of aromatic nitrogens is 3. The smallest absolute Gasteiger partial charge is 0.174 e. The SMILES string of the molecule is S=C(Nc1nn(Cc2ccccc2Cl)cc1Br)N1CCN(Cc2cccnc2)CC1. The van der Waals surface area contributed by atoms with Gasteiger partial charge in [-0.1, -0.05) is 35.9 Å². The van der Waals surface area contributed by atoms with Crippen LogP contribution in [0.25, 0.3) is 0 Å². The molecule has 0 spiro atoms. The molecule has 1 fully saturated rings. The lowest BCUT2D eigenvalue weighted by Gasteiger charge is -2.36. The van der Waals surface area contributed by atoms with Gasteiger partial charge in [-0.3, -0.25) is 14.6 Å². The quantitative estimate of drug-likeness (QED) is 0.523. The maximum Gasteiger partial charge on any atom is 0.174 e. The van der Waals surface area contributed by atoms with E-state index < -0.39 is 0 Å². The Morgan fingerprint density at radius 2 is 1.90 bits per heavy atom. The van der Waals surface area contributed by atoms with Crippen LogP contribution in [0.1, 0.15) is 11.1 Å². The number of rotatable bonds is 5. The van der Waals surface area contributed by atoms with E-state index in [1.54, 1.807) is 6.20 Å². The van der Waals surface area contributed by atoms with Crippen molar-refractivity contribution in [3.05, 3.63) is 75.6 Å². The van der Waals surface area contributed by atoms with Gasteiger partial charge in [0.15, 0.2) is 10.9 Å². The molecule has 9 heteroatoms. The van der Waals surface area contributed by atoms with Gasteiger partial charge in [0.05, 0.1) is 11.0 Å². The molecule has 156 valence electrons. The zero-order chi connectivity index (χ0) is 20.9. The van der Waals surface area contributed by atoms with Crippen molar-refractivity contribution < 1.29 is 0 Å². The summed E-state index contributed by atoms with van der Waals surface area (Å²) >= 11 is 15.5. The summed E-state index contributed by atoms with van der Waals surface area (Å²) in [4.78, 5) is 8.80. The van der Waals surface area contributed by atoms with Crippen LogP contribution >= 0.6 is 39.7 Å². The third-order valence-electron chi connectivity index (χ3n) is 5.02. The first kappa shape index (κ1) is 21.2. The standard InChI is InChI=1S/C21H22BrClN6S/c22-18-15-29(14-17-5-1-2-6-19(17)23)26-20(18)25-21(30)28-10-8-27(9-11-28)13-16-4-3-7-24-12-16/h1-7,12,15H,8-11,13-14H2,(H,25,26,30). The Bertz CT molecular complexity index is 1000. The van der Waals surface area contributed by atoms with E-state index in [9.17, 15) is 0 Å². The Labute approximate surface area is 195 Å². The van der Waals surface area contributed by atoms with Gasteiger partial charge in [-0.15, -0.1) is 0 Å². The van der Waals surface area contributed by atoms with Gasteiger partial charge in [0.25, 0.3) is 0 Å². The molecule has 4 rings (SSSR count). The van der Waals surface area contributed by atoms with Crippen LogP contribution in [0.4, 0.5) is 5.82 Å². The average molecular weight is 506 g/mol. The number of thiocarbonyl (C=S) groups is 1. The van der Waals surface area contributed by atoms with Gasteiger partial charge in [-0.2, -0.15) is 5.10 Å². The second kappa shape index (κ2) is 9.87. The molecule has 0 bridgehead atoms. The normalized spacial score (nSPS) is 14.7. The van der Waals surface area contributed by atoms with Crippen LogP contribution in [0.5, 0.6) is 0 Å². The first-order valence-electron chi connectivity index (χ1n) is 9.72. The van der Waals surface area contributed by atoms with Crippen LogP contribution in [-0.2, 0) is 13.1 Å². The van der Waals surface area contributed by atoms with Crippen molar-refractivity contribution in [3.8, 4) is 0 Å². The zero-order valence-corrected chi connectivity index (χ0v) is 19.5. The Kier molecular flexibility index (Phi) is 6.99. The average Bonchev–Trinajstić information content (AvgIpc) is 3.09. The number of piperazine rings is 1. The van der Waals surface area contributed by atoms with Crippen LogP contribution in [0.2, 0.25) is 5.02 Å². The van der Waals surface area contributed by atoms with E-state index >= 15 is 0 Å². The molecule has 0 radical (unpaired) electrons. The highest BCUT2D eigenvalue weighted by Crippen LogP contribution is 2.23. The van der Waals surface area contributed by atoms with Crippen molar-refractivity contribution in [2.45, 2.75) is 13.1 Å². The Balaban J connectivity index is 1.31. The van der Waals surface area contributed by atoms with Crippen LogP contribution in [0.15, 0.2) is 59.5 Å². The second-order valence-electron chi connectivity index (χ2n) is 7.17. The molecule has 30 heavy (non-hydrogen) atoms. The lowest BCUT2D eigenvalue weighted by Crippen LogP contribution is -2.49. The molecule has 0 amide bonds. The van der Waals surface area contributed by atoms with Gasteiger partial charge < -0.3 is 10.2 Å². The van der Waals surface area contributed by atoms with Crippen molar-refractivity contribution in [2.75, 3.05) is 31.5 Å². The summed E-state index contributed by atoms with van der Waals surface area (Å²) in [6.07, 6.45) is 5.66. The molecule has 1 saturated heterocycles. The molecular weight excluding hydrogens is 484 g/mol. The Morgan fingerprint density at radius 1 is 1.10 bits per heavy atom. The van der Waals surface area contributed by atoms with Gasteiger partial charge in [-0.05, 0) is 51.4 Å². The second-order valence-corrected chi connectivity index (χ2v) is 8.82. The van der Waals surface area contributed by atoms with Crippen LogP contribution in [0.3, 0.4) is 0 Å². The van der Waals surface area contributed by atoms with Crippen LogP contribution in [-0.4, -0.2) is 55.9 Å². The summed E-state index contributed by atoms with van der Waals surface area (Å²) in [5.74, 6) is 0.713. The first-order valence-corrected chi connectivity index (χ1v) is 11.3. The molecular formula is C21H22BrClN6S. The molecule has 1 aliphatic heterocycles. The molecule has 0 aliphatic carbocycles. The van der Waals surface area contributed by atoms with Crippen molar-refractivity contribution in [1.29, 1.82) is 0 Å². The highest BCUT2D eigenvalue weighted by atomic mass is 79.9. The van der Waals surface area contributed by atoms with Crippen LogP contribution in [0, 0.1) is 0 Å². The van der Waals surface area contributed by atoms with E-state index in [-0.39, 0.29) is 0 Å². The molecule has 1 aliphatic rings. The Morgan fingerprint density at radius 3 is 2.63 bits per heavy atom. The highest BCUT2D eigenvalue weighted by Gasteiger charge is 2.20. The minimum atomic E-state index is 0.597. The lowest BCUT2D eigenvalue weighted by molar-refractivity contribution is 0.177. The molecule has 0 atom stereocenters. The minimum Gasteiger partial charge on any atom is -0.346 e. The summed E-state index contributed by atoms with van der Waals surface area (Å²) in [5.41, 5.74) is 2.26.